The lowest BCUT2D eigenvalue weighted by molar-refractivity contribution is 0.213. The van der Waals surface area contributed by atoms with Crippen molar-refractivity contribution in [1.29, 1.82) is 0 Å². The number of hydrogen-bond donors (Lipinski definition) is 2. The highest BCUT2D eigenvalue weighted by atomic mass is 32.1. The van der Waals surface area contributed by atoms with Gasteiger partial charge in [0.15, 0.2) is 5.96 Å². The number of guanidine groups is 1. The van der Waals surface area contributed by atoms with Gasteiger partial charge < -0.3 is 15.5 Å². The van der Waals surface area contributed by atoms with E-state index < -0.39 is 0 Å². The average Bonchev–Trinajstić information content (AvgIpc) is 2.93. The topological polar surface area (TPSA) is 39.7 Å². The number of thiophene rings is 1. The summed E-state index contributed by atoms with van der Waals surface area (Å²) in [4.78, 5) is 9.60. The van der Waals surface area contributed by atoms with E-state index in [1.54, 1.807) is 0 Å². The predicted octanol–water partition coefficient (Wildman–Crippen LogP) is 2.88. The van der Waals surface area contributed by atoms with Crippen LogP contribution in [0, 0.1) is 12.8 Å². The Balaban J connectivity index is 1.66. The summed E-state index contributed by atoms with van der Waals surface area (Å²) in [6.45, 7) is 7.89. The molecule has 1 aromatic rings. The summed E-state index contributed by atoms with van der Waals surface area (Å²) in [7, 11) is 4.07. The molecule has 0 amide bonds. The summed E-state index contributed by atoms with van der Waals surface area (Å²) in [5.74, 6) is 1.79. The first-order valence-corrected chi connectivity index (χ1v) is 9.59. The highest BCUT2D eigenvalue weighted by molar-refractivity contribution is 7.11. The minimum absolute atomic E-state index is 0.391. The molecule has 1 unspecified atom stereocenters. The summed E-state index contributed by atoms with van der Waals surface area (Å²) in [5, 5.41) is 6.99. The maximum Gasteiger partial charge on any atom is 0.191 e. The van der Waals surface area contributed by atoms with E-state index >= 15 is 0 Å². The zero-order valence-electron chi connectivity index (χ0n) is 15.1. The quantitative estimate of drug-likeness (QED) is 0.620. The summed E-state index contributed by atoms with van der Waals surface area (Å²) in [6.07, 6.45) is 4.96. The van der Waals surface area contributed by atoms with Crippen molar-refractivity contribution >= 4 is 17.3 Å². The molecule has 130 valence electrons. The van der Waals surface area contributed by atoms with E-state index in [-0.39, 0.29) is 0 Å². The highest BCUT2D eigenvalue weighted by Gasteiger charge is 2.16. The van der Waals surface area contributed by atoms with E-state index in [0.29, 0.717) is 6.04 Å². The van der Waals surface area contributed by atoms with Crippen molar-refractivity contribution in [3.8, 4) is 0 Å². The van der Waals surface area contributed by atoms with E-state index in [4.69, 9.17) is 0 Å². The molecule has 0 aliphatic carbocycles. The van der Waals surface area contributed by atoms with E-state index in [1.165, 1.54) is 42.1 Å². The fourth-order valence-corrected chi connectivity index (χ4v) is 4.14. The Morgan fingerprint density at radius 1 is 1.39 bits per heavy atom. The van der Waals surface area contributed by atoms with E-state index in [2.05, 4.69) is 53.6 Å². The molecule has 2 heterocycles. The van der Waals surface area contributed by atoms with Crippen molar-refractivity contribution in [2.24, 2.45) is 10.9 Å². The Labute approximate surface area is 145 Å². The minimum atomic E-state index is 0.391. The van der Waals surface area contributed by atoms with Crippen molar-refractivity contribution in [2.45, 2.75) is 45.6 Å². The molecule has 0 saturated carbocycles. The number of piperidine rings is 1. The van der Waals surface area contributed by atoms with Crippen LogP contribution in [0.4, 0.5) is 0 Å². The summed E-state index contributed by atoms with van der Waals surface area (Å²) in [5.41, 5.74) is 0. The number of nitrogens with one attached hydrogen (secondary N) is 2. The van der Waals surface area contributed by atoms with Crippen LogP contribution in [0.2, 0.25) is 0 Å². The minimum Gasteiger partial charge on any atom is -0.356 e. The summed E-state index contributed by atoms with van der Waals surface area (Å²) < 4.78 is 0. The van der Waals surface area contributed by atoms with Gasteiger partial charge in [-0.05, 0) is 71.3 Å². The molecule has 5 heteroatoms. The van der Waals surface area contributed by atoms with Crippen LogP contribution >= 0.6 is 11.3 Å². The molecule has 1 aliphatic heterocycles. The molecule has 0 aromatic carbocycles. The van der Waals surface area contributed by atoms with Crippen LogP contribution in [0.1, 0.15) is 35.9 Å². The van der Waals surface area contributed by atoms with Crippen LogP contribution in [0.3, 0.4) is 0 Å². The molecule has 1 aromatic heterocycles. The Morgan fingerprint density at radius 2 is 2.13 bits per heavy atom. The molecule has 0 radical (unpaired) electrons. The number of likely N-dealkylation sites (tertiary alicyclic amines) is 1. The van der Waals surface area contributed by atoms with Crippen LogP contribution in [-0.2, 0) is 6.42 Å². The van der Waals surface area contributed by atoms with Crippen LogP contribution < -0.4 is 10.6 Å². The van der Waals surface area contributed by atoms with E-state index in [9.17, 15) is 0 Å². The third kappa shape index (κ3) is 6.51. The largest absolute Gasteiger partial charge is 0.356 e. The second-order valence-corrected chi connectivity index (χ2v) is 8.17. The zero-order chi connectivity index (χ0) is 16.7. The molecule has 4 nitrogen and oxygen atoms in total. The second kappa shape index (κ2) is 9.28. The van der Waals surface area contributed by atoms with Gasteiger partial charge in [-0.15, -0.1) is 11.3 Å². The fraction of sp³-hybridized carbons (Fsp3) is 0.722. The first kappa shape index (κ1) is 18.3. The molecule has 0 bridgehead atoms. The van der Waals surface area contributed by atoms with Crippen molar-refractivity contribution in [1.82, 2.24) is 15.5 Å². The average molecular weight is 337 g/mol. The lowest BCUT2D eigenvalue weighted by atomic mass is 9.94. The van der Waals surface area contributed by atoms with Gasteiger partial charge in [-0.2, -0.15) is 0 Å². The molecule has 2 N–H and O–H groups in total. The Kier molecular flexibility index (Phi) is 7.37. The fourth-order valence-electron chi connectivity index (χ4n) is 3.12. The number of hydrogen-bond acceptors (Lipinski definition) is 3. The predicted molar refractivity (Wildman–Crippen MR) is 102 cm³/mol. The van der Waals surface area contributed by atoms with Gasteiger partial charge in [-0.1, -0.05) is 0 Å². The lowest BCUT2D eigenvalue weighted by Crippen LogP contribution is -2.43. The molecule has 1 aliphatic rings. The van der Waals surface area contributed by atoms with Crippen LogP contribution in [-0.4, -0.2) is 50.6 Å². The lowest BCUT2D eigenvalue weighted by Gasteiger charge is -2.29. The Morgan fingerprint density at radius 3 is 2.74 bits per heavy atom. The smallest absolute Gasteiger partial charge is 0.191 e. The van der Waals surface area contributed by atoms with Crippen LogP contribution in [0.25, 0.3) is 0 Å². The summed E-state index contributed by atoms with van der Waals surface area (Å²) in [6, 6.07) is 4.82. The first-order chi connectivity index (χ1) is 11.1. The van der Waals surface area contributed by atoms with Gasteiger partial charge in [-0.25, -0.2) is 0 Å². The third-order valence-corrected chi connectivity index (χ3v) is 5.62. The maximum absolute atomic E-state index is 4.36. The normalized spacial score (nSPS) is 18.9. The van der Waals surface area contributed by atoms with Gasteiger partial charge in [-0.3, -0.25) is 4.99 Å². The Hall–Kier alpha value is -1.07. The van der Waals surface area contributed by atoms with Crippen molar-refractivity contribution < 1.29 is 0 Å². The van der Waals surface area contributed by atoms with Crippen molar-refractivity contribution in [2.75, 3.05) is 33.7 Å². The Bertz CT molecular complexity index is 489. The molecule has 1 saturated heterocycles. The molecular formula is C18H32N4S. The molecule has 1 atom stereocenters. The van der Waals surface area contributed by atoms with Gasteiger partial charge in [0.25, 0.3) is 0 Å². The standard InChI is InChI=1S/C18H32N4S/c1-14(13-17-6-5-15(2)23-17)21-18(19-3)20-10-7-16-8-11-22(4)12-9-16/h5-6,14,16H,7-13H2,1-4H3,(H2,19,20,21). The molecule has 0 spiro atoms. The first-order valence-electron chi connectivity index (χ1n) is 8.78. The van der Waals surface area contributed by atoms with Gasteiger partial charge in [0, 0.05) is 35.8 Å². The molecular weight excluding hydrogens is 304 g/mol. The number of rotatable bonds is 6. The molecule has 1 fully saturated rings. The van der Waals surface area contributed by atoms with Crippen LogP contribution in [0.5, 0.6) is 0 Å². The summed E-state index contributed by atoms with van der Waals surface area (Å²) >= 11 is 1.88. The van der Waals surface area contributed by atoms with Gasteiger partial charge in [0.05, 0.1) is 0 Å². The zero-order valence-corrected chi connectivity index (χ0v) is 15.9. The van der Waals surface area contributed by atoms with E-state index in [1.807, 2.05) is 18.4 Å². The second-order valence-electron chi connectivity index (χ2n) is 6.80. The van der Waals surface area contributed by atoms with Crippen molar-refractivity contribution in [3.63, 3.8) is 0 Å². The van der Waals surface area contributed by atoms with Crippen LogP contribution in [0.15, 0.2) is 17.1 Å². The van der Waals surface area contributed by atoms with Crippen molar-refractivity contribution in [3.05, 3.63) is 21.9 Å². The SMILES string of the molecule is CN=C(NCCC1CCN(C)CC1)NC(C)Cc1ccc(C)s1. The monoisotopic (exact) mass is 336 g/mol. The number of nitrogens with zero attached hydrogens (tertiary/aromatic N) is 2. The molecule has 23 heavy (non-hydrogen) atoms. The number of aryl methyl sites for hydroxylation is 1. The molecule has 2 rings (SSSR count). The van der Waals surface area contributed by atoms with Gasteiger partial charge >= 0.3 is 0 Å². The third-order valence-electron chi connectivity index (χ3n) is 4.59. The van der Waals surface area contributed by atoms with Gasteiger partial charge in [0.2, 0.25) is 0 Å². The van der Waals surface area contributed by atoms with Gasteiger partial charge in [0.1, 0.15) is 0 Å². The highest BCUT2D eigenvalue weighted by Crippen LogP contribution is 2.19. The van der Waals surface area contributed by atoms with E-state index in [0.717, 1.165) is 24.8 Å². The number of aliphatic imine (C=N–C) groups is 1. The maximum atomic E-state index is 4.36.